The van der Waals surface area contributed by atoms with Crippen molar-refractivity contribution in [2.75, 3.05) is 6.61 Å². The van der Waals surface area contributed by atoms with Crippen LogP contribution in [0.25, 0.3) is 0 Å². The molecule has 0 aromatic rings. The highest BCUT2D eigenvalue weighted by Gasteiger charge is 2.29. The normalized spacial score (nSPS) is 30.3. The summed E-state index contributed by atoms with van der Waals surface area (Å²) in [7, 11) is 0. The summed E-state index contributed by atoms with van der Waals surface area (Å²) in [5.41, 5.74) is 0.0707. The Hall–Kier alpha value is -0.0800. The fourth-order valence-electron chi connectivity index (χ4n) is 4.04. The highest BCUT2D eigenvalue weighted by atomic mass is 16.5. The van der Waals surface area contributed by atoms with Gasteiger partial charge in [0.05, 0.1) is 5.60 Å². The second-order valence-corrected chi connectivity index (χ2v) is 7.92. The van der Waals surface area contributed by atoms with E-state index in [1.165, 1.54) is 83.5 Å². The molecule has 2 heteroatoms. The molecule has 0 bridgehead atoms. The quantitative estimate of drug-likeness (QED) is 0.755. The van der Waals surface area contributed by atoms with Crippen molar-refractivity contribution in [1.29, 1.82) is 0 Å². The van der Waals surface area contributed by atoms with E-state index in [9.17, 15) is 0 Å². The molecule has 21 heavy (non-hydrogen) atoms. The van der Waals surface area contributed by atoms with Gasteiger partial charge in [0, 0.05) is 18.7 Å². The zero-order chi connectivity index (χ0) is 15.0. The maximum atomic E-state index is 5.86. The smallest absolute Gasteiger partial charge is 0.0641 e. The van der Waals surface area contributed by atoms with Crippen LogP contribution in [0.5, 0.6) is 0 Å². The SMILES string of the molecule is CC1(C)CC(NC2CCCCCCCCCCC2)CCO1. The van der Waals surface area contributed by atoms with Crippen molar-refractivity contribution < 1.29 is 4.74 Å². The molecule has 1 N–H and O–H groups in total. The molecule has 0 aromatic carbocycles. The van der Waals surface area contributed by atoms with Crippen LogP contribution in [0.2, 0.25) is 0 Å². The molecule has 1 heterocycles. The van der Waals surface area contributed by atoms with Crippen LogP contribution in [-0.4, -0.2) is 24.3 Å². The average Bonchev–Trinajstić information content (AvgIpc) is 2.41. The van der Waals surface area contributed by atoms with Gasteiger partial charge in [0.25, 0.3) is 0 Å². The lowest BCUT2D eigenvalue weighted by molar-refractivity contribution is -0.0644. The Morgan fingerprint density at radius 3 is 1.76 bits per heavy atom. The first kappa shape index (κ1) is 17.3. The number of hydrogen-bond donors (Lipinski definition) is 1. The minimum absolute atomic E-state index is 0.0707. The lowest BCUT2D eigenvalue weighted by atomic mass is 9.91. The fraction of sp³-hybridized carbons (Fsp3) is 1.00. The zero-order valence-corrected chi connectivity index (χ0v) is 14.5. The van der Waals surface area contributed by atoms with Crippen LogP contribution in [-0.2, 0) is 4.74 Å². The molecule has 124 valence electrons. The third-order valence-corrected chi connectivity index (χ3v) is 5.27. The summed E-state index contributed by atoms with van der Waals surface area (Å²) < 4.78 is 5.86. The fourth-order valence-corrected chi connectivity index (χ4v) is 4.04. The molecule has 2 nitrogen and oxygen atoms in total. The summed E-state index contributed by atoms with van der Waals surface area (Å²) in [5, 5.41) is 3.99. The second-order valence-electron chi connectivity index (χ2n) is 7.92. The minimum Gasteiger partial charge on any atom is -0.375 e. The van der Waals surface area contributed by atoms with Crippen molar-refractivity contribution in [3.63, 3.8) is 0 Å². The minimum atomic E-state index is 0.0707. The van der Waals surface area contributed by atoms with E-state index in [0.29, 0.717) is 6.04 Å². The molecular weight excluding hydrogens is 258 g/mol. The Kier molecular flexibility index (Phi) is 7.53. The zero-order valence-electron chi connectivity index (χ0n) is 14.5. The van der Waals surface area contributed by atoms with E-state index < -0.39 is 0 Å². The number of ether oxygens (including phenoxy) is 1. The number of rotatable bonds is 2. The van der Waals surface area contributed by atoms with E-state index in [2.05, 4.69) is 19.2 Å². The van der Waals surface area contributed by atoms with Crippen LogP contribution >= 0.6 is 0 Å². The Morgan fingerprint density at radius 1 is 0.714 bits per heavy atom. The monoisotopic (exact) mass is 295 g/mol. The molecule has 1 aliphatic carbocycles. The van der Waals surface area contributed by atoms with Crippen molar-refractivity contribution in [3.8, 4) is 0 Å². The van der Waals surface area contributed by atoms with Gasteiger partial charge in [-0.25, -0.2) is 0 Å². The molecule has 2 rings (SSSR count). The lowest BCUT2D eigenvalue weighted by Gasteiger charge is -2.38. The first-order chi connectivity index (χ1) is 10.2. The van der Waals surface area contributed by atoms with Crippen LogP contribution in [0.4, 0.5) is 0 Å². The van der Waals surface area contributed by atoms with Gasteiger partial charge in [-0.05, 0) is 39.5 Å². The highest BCUT2D eigenvalue weighted by molar-refractivity contribution is 4.85. The Morgan fingerprint density at radius 2 is 1.24 bits per heavy atom. The largest absolute Gasteiger partial charge is 0.375 e. The third-order valence-electron chi connectivity index (χ3n) is 5.27. The molecular formula is C19H37NO. The summed E-state index contributed by atoms with van der Waals surface area (Å²) in [6, 6.07) is 1.43. The summed E-state index contributed by atoms with van der Waals surface area (Å²) >= 11 is 0. The Labute approximate surface area is 132 Å². The first-order valence-corrected chi connectivity index (χ1v) is 9.56. The van der Waals surface area contributed by atoms with Crippen LogP contribution < -0.4 is 5.32 Å². The van der Waals surface area contributed by atoms with Gasteiger partial charge in [-0.1, -0.05) is 57.8 Å². The summed E-state index contributed by atoms with van der Waals surface area (Å²) in [4.78, 5) is 0. The molecule has 1 saturated heterocycles. The molecule has 0 spiro atoms. The van der Waals surface area contributed by atoms with Gasteiger partial charge in [-0.3, -0.25) is 0 Å². The van der Waals surface area contributed by atoms with Crippen molar-refractivity contribution in [1.82, 2.24) is 5.32 Å². The molecule has 1 aliphatic heterocycles. The van der Waals surface area contributed by atoms with E-state index in [4.69, 9.17) is 4.74 Å². The Balaban J connectivity index is 1.77. The van der Waals surface area contributed by atoms with E-state index in [0.717, 1.165) is 12.6 Å². The van der Waals surface area contributed by atoms with Gasteiger partial charge in [0.1, 0.15) is 0 Å². The average molecular weight is 296 g/mol. The number of hydrogen-bond acceptors (Lipinski definition) is 2. The predicted molar refractivity (Wildman–Crippen MR) is 90.8 cm³/mol. The van der Waals surface area contributed by atoms with E-state index in [-0.39, 0.29) is 5.60 Å². The third kappa shape index (κ3) is 7.15. The molecule has 2 fully saturated rings. The van der Waals surface area contributed by atoms with Crippen molar-refractivity contribution in [2.24, 2.45) is 0 Å². The standard InChI is InChI=1S/C19H37NO/c1-19(2)16-18(14-15-21-19)20-17-12-10-8-6-4-3-5-7-9-11-13-17/h17-18,20H,3-16H2,1-2H3. The van der Waals surface area contributed by atoms with Crippen LogP contribution in [0.15, 0.2) is 0 Å². The summed E-state index contributed by atoms with van der Waals surface area (Å²) in [5.74, 6) is 0. The van der Waals surface area contributed by atoms with Gasteiger partial charge >= 0.3 is 0 Å². The van der Waals surface area contributed by atoms with Crippen LogP contribution in [0, 0.1) is 0 Å². The second kappa shape index (κ2) is 9.15. The molecule has 0 amide bonds. The Bertz CT molecular complexity index is 265. The highest BCUT2D eigenvalue weighted by Crippen LogP contribution is 2.25. The van der Waals surface area contributed by atoms with Crippen LogP contribution in [0.3, 0.4) is 0 Å². The first-order valence-electron chi connectivity index (χ1n) is 9.56. The van der Waals surface area contributed by atoms with Gasteiger partial charge in [0.15, 0.2) is 0 Å². The predicted octanol–water partition coefficient (Wildman–Crippen LogP) is 5.21. The van der Waals surface area contributed by atoms with Gasteiger partial charge in [-0.15, -0.1) is 0 Å². The number of nitrogens with one attached hydrogen (secondary N) is 1. The van der Waals surface area contributed by atoms with Crippen molar-refractivity contribution in [3.05, 3.63) is 0 Å². The maximum Gasteiger partial charge on any atom is 0.0641 e. The van der Waals surface area contributed by atoms with E-state index in [1.807, 2.05) is 0 Å². The van der Waals surface area contributed by atoms with E-state index >= 15 is 0 Å². The van der Waals surface area contributed by atoms with Crippen LogP contribution in [0.1, 0.15) is 97.3 Å². The van der Waals surface area contributed by atoms with E-state index in [1.54, 1.807) is 0 Å². The van der Waals surface area contributed by atoms with Gasteiger partial charge < -0.3 is 10.1 Å². The summed E-state index contributed by atoms with van der Waals surface area (Å²) in [6.07, 6.45) is 18.2. The van der Waals surface area contributed by atoms with Crippen molar-refractivity contribution >= 4 is 0 Å². The molecule has 2 aliphatic rings. The van der Waals surface area contributed by atoms with Gasteiger partial charge in [-0.2, -0.15) is 0 Å². The topological polar surface area (TPSA) is 21.3 Å². The molecule has 1 atom stereocenters. The molecule has 0 radical (unpaired) electrons. The summed E-state index contributed by atoms with van der Waals surface area (Å²) in [6.45, 7) is 5.40. The molecule has 1 saturated carbocycles. The van der Waals surface area contributed by atoms with Gasteiger partial charge in [0.2, 0.25) is 0 Å². The molecule has 1 unspecified atom stereocenters. The molecule has 0 aromatic heterocycles. The maximum absolute atomic E-state index is 5.86. The van der Waals surface area contributed by atoms with Crippen molar-refractivity contribution in [2.45, 2.75) is 115 Å². The lowest BCUT2D eigenvalue weighted by Crippen LogP contribution is -2.47.